The summed E-state index contributed by atoms with van der Waals surface area (Å²) in [6.45, 7) is 7.86. The minimum Gasteiger partial charge on any atom is -0.469 e. The van der Waals surface area contributed by atoms with Gasteiger partial charge in [0.1, 0.15) is 0 Å². The molecule has 0 aliphatic rings. The van der Waals surface area contributed by atoms with Crippen LogP contribution in [-0.2, 0) is 9.53 Å². The number of rotatable bonds is 8. The van der Waals surface area contributed by atoms with E-state index in [9.17, 15) is 4.79 Å². The molecule has 0 heterocycles. The van der Waals surface area contributed by atoms with Crippen molar-refractivity contribution in [3.05, 3.63) is 12.7 Å². The summed E-state index contributed by atoms with van der Waals surface area (Å²) in [5.74, 6) is 0.621. The fourth-order valence-corrected chi connectivity index (χ4v) is 1.18. The summed E-state index contributed by atoms with van der Waals surface area (Å²) in [6.07, 6.45) is 3.92. The van der Waals surface area contributed by atoms with Gasteiger partial charge in [-0.15, -0.1) is 6.58 Å². The largest absolute Gasteiger partial charge is 0.469 e. The summed E-state index contributed by atoms with van der Waals surface area (Å²) in [7, 11) is 1.41. The predicted molar refractivity (Wildman–Crippen MR) is 70.0 cm³/mol. The molecule has 5 nitrogen and oxygen atoms in total. The zero-order valence-corrected chi connectivity index (χ0v) is 10.8. The zero-order chi connectivity index (χ0) is 12.9. The van der Waals surface area contributed by atoms with Gasteiger partial charge in [-0.2, -0.15) is 0 Å². The number of ether oxygens (including phenoxy) is 1. The van der Waals surface area contributed by atoms with Gasteiger partial charge in [-0.3, -0.25) is 9.79 Å². The number of carbonyl (C=O) groups excluding carboxylic acids is 1. The first kappa shape index (κ1) is 15.5. The van der Waals surface area contributed by atoms with Crippen LogP contribution in [0.1, 0.15) is 26.2 Å². The first-order valence-electron chi connectivity index (χ1n) is 5.94. The maximum absolute atomic E-state index is 10.9. The fraction of sp³-hybridized carbons (Fsp3) is 0.667. The molecule has 0 spiro atoms. The normalized spacial score (nSPS) is 10.8. The molecule has 17 heavy (non-hydrogen) atoms. The van der Waals surface area contributed by atoms with Gasteiger partial charge < -0.3 is 15.4 Å². The number of nitrogens with zero attached hydrogens (tertiary/aromatic N) is 1. The quantitative estimate of drug-likeness (QED) is 0.219. The van der Waals surface area contributed by atoms with Gasteiger partial charge in [0.25, 0.3) is 0 Å². The molecule has 0 amide bonds. The summed E-state index contributed by atoms with van der Waals surface area (Å²) in [4.78, 5) is 15.2. The molecule has 0 aromatic rings. The first-order chi connectivity index (χ1) is 8.24. The summed E-state index contributed by atoms with van der Waals surface area (Å²) in [5, 5.41) is 6.24. The van der Waals surface area contributed by atoms with Crippen LogP contribution in [0.3, 0.4) is 0 Å². The maximum atomic E-state index is 10.9. The van der Waals surface area contributed by atoms with Crippen molar-refractivity contribution in [3.8, 4) is 0 Å². The third-order valence-corrected chi connectivity index (χ3v) is 2.04. The van der Waals surface area contributed by atoms with Crippen molar-refractivity contribution in [2.45, 2.75) is 26.2 Å². The van der Waals surface area contributed by atoms with Crippen molar-refractivity contribution in [1.82, 2.24) is 10.6 Å². The number of aliphatic imine (C=N–C) groups is 1. The number of methoxy groups -OCH3 is 1. The SMILES string of the molecule is C=CCNC(=NCCCCC(=O)OC)NCC. The van der Waals surface area contributed by atoms with Gasteiger partial charge in [0.05, 0.1) is 7.11 Å². The molecule has 0 saturated carbocycles. The Balaban J connectivity index is 3.75. The van der Waals surface area contributed by atoms with E-state index in [1.165, 1.54) is 7.11 Å². The van der Waals surface area contributed by atoms with Gasteiger partial charge in [-0.05, 0) is 19.8 Å². The lowest BCUT2D eigenvalue weighted by atomic mass is 10.2. The maximum Gasteiger partial charge on any atom is 0.305 e. The van der Waals surface area contributed by atoms with E-state index in [4.69, 9.17) is 0 Å². The Morgan fingerprint density at radius 3 is 2.76 bits per heavy atom. The lowest BCUT2D eigenvalue weighted by molar-refractivity contribution is -0.140. The minimum absolute atomic E-state index is 0.161. The van der Waals surface area contributed by atoms with Gasteiger partial charge in [-0.25, -0.2) is 0 Å². The van der Waals surface area contributed by atoms with E-state index < -0.39 is 0 Å². The molecule has 0 saturated heterocycles. The highest BCUT2D eigenvalue weighted by Gasteiger charge is 1.99. The lowest BCUT2D eigenvalue weighted by Crippen LogP contribution is -2.37. The van der Waals surface area contributed by atoms with E-state index in [1.807, 2.05) is 6.92 Å². The van der Waals surface area contributed by atoms with Crippen molar-refractivity contribution in [3.63, 3.8) is 0 Å². The van der Waals surface area contributed by atoms with Crippen molar-refractivity contribution in [2.24, 2.45) is 4.99 Å². The number of hydrogen-bond acceptors (Lipinski definition) is 3. The molecular formula is C12H23N3O2. The molecule has 0 aliphatic heterocycles. The van der Waals surface area contributed by atoms with E-state index in [1.54, 1.807) is 6.08 Å². The van der Waals surface area contributed by atoms with Crippen LogP contribution < -0.4 is 10.6 Å². The van der Waals surface area contributed by atoms with Gasteiger partial charge in [0, 0.05) is 26.1 Å². The van der Waals surface area contributed by atoms with Gasteiger partial charge in [0.2, 0.25) is 0 Å². The number of hydrogen-bond donors (Lipinski definition) is 2. The monoisotopic (exact) mass is 241 g/mol. The van der Waals surface area contributed by atoms with Crippen molar-refractivity contribution in [1.29, 1.82) is 0 Å². The second-order valence-corrected chi connectivity index (χ2v) is 3.46. The van der Waals surface area contributed by atoms with Crippen LogP contribution in [-0.4, -0.2) is 38.7 Å². The van der Waals surface area contributed by atoms with E-state index in [0.29, 0.717) is 19.5 Å². The fourth-order valence-electron chi connectivity index (χ4n) is 1.18. The number of carbonyl (C=O) groups is 1. The van der Waals surface area contributed by atoms with E-state index in [0.717, 1.165) is 25.3 Å². The van der Waals surface area contributed by atoms with E-state index in [-0.39, 0.29) is 5.97 Å². The molecule has 0 aromatic heterocycles. The molecule has 0 aliphatic carbocycles. The molecule has 0 fully saturated rings. The second kappa shape index (κ2) is 11.0. The Morgan fingerprint density at radius 1 is 1.41 bits per heavy atom. The van der Waals surface area contributed by atoms with Gasteiger partial charge in [-0.1, -0.05) is 6.08 Å². The smallest absolute Gasteiger partial charge is 0.305 e. The lowest BCUT2D eigenvalue weighted by Gasteiger charge is -2.09. The van der Waals surface area contributed by atoms with Crippen LogP contribution in [0.15, 0.2) is 17.6 Å². The number of unbranched alkanes of at least 4 members (excludes halogenated alkanes) is 1. The minimum atomic E-state index is -0.161. The highest BCUT2D eigenvalue weighted by molar-refractivity contribution is 5.79. The van der Waals surface area contributed by atoms with Gasteiger partial charge >= 0.3 is 5.97 Å². The summed E-state index contributed by atoms with van der Waals surface area (Å²) >= 11 is 0. The molecule has 0 radical (unpaired) electrons. The van der Waals surface area contributed by atoms with Crippen LogP contribution in [0.25, 0.3) is 0 Å². The van der Waals surface area contributed by atoms with Crippen LogP contribution in [0.4, 0.5) is 0 Å². The van der Waals surface area contributed by atoms with Crippen LogP contribution in [0.2, 0.25) is 0 Å². The molecular weight excluding hydrogens is 218 g/mol. The third-order valence-electron chi connectivity index (χ3n) is 2.04. The Hall–Kier alpha value is -1.52. The van der Waals surface area contributed by atoms with Crippen molar-refractivity contribution >= 4 is 11.9 Å². The van der Waals surface area contributed by atoms with E-state index >= 15 is 0 Å². The second-order valence-electron chi connectivity index (χ2n) is 3.46. The van der Waals surface area contributed by atoms with Crippen LogP contribution in [0.5, 0.6) is 0 Å². The standard InChI is InChI=1S/C12H23N3O2/c1-4-9-14-12(13-5-2)15-10-7-6-8-11(16)17-3/h4H,1,5-10H2,2-3H3,(H2,13,14,15). The average molecular weight is 241 g/mol. The first-order valence-corrected chi connectivity index (χ1v) is 5.94. The molecule has 0 atom stereocenters. The molecule has 0 unspecified atom stereocenters. The molecule has 98 valence electrons. The predicted octanol–water partition coefficient (Wildman–Crippen LogP) is 1.07. The van der Waals surface area contributed by atoms with Crippen molar-refractivity contribution < 1.29 is 9.53 Å². The molecule has 0 aromatic carbocycles. The number of esters is 1. The number of guanidine groups is 1. The summed E-state index contributed by atoms with van der Waals surface area (Å²) in [6, 6.07) is 0. The van der Waals surface area contributed by atoms with E-state index in [2.05, 4.69) is 26.9 Å². The molecule has 0 bridgehead atoms. The van der Waals surface area contributed by atoms with Crippen LogP contribution in [0, 0.1) is 0 Å². The highest BCUT2D eigenvalue weighted by atomic mass is 16.5. The van der Waals surface area contributed by atoms with Gasteiger partial charge in [0.15, 0.2) is 5.96 Å². The Morgan fingerprint density at radius 2 is 2.18 bits per heavy atom. The molecule has 2 N–H and O–H groups in total. The zero-order valence-electron chi connectivity index (χ0n) is 10.8. The summed E-state index contributed by atoms with van der Waals surface area (Å²) in [5.41, 5.74) is 0. The van der Waals surface area contributed by atoms with Crippen LogP contribution >= 0.6 is 0 Å². The Bertz CT molecular complexity index is 252. The molecule has 0 rings (SSSR count). The third kappa shape index (κ3) is 9.41. The average Bonchev–Trinajstić information content (AvgIpc) is 2.34. The Labute approximate surface area is 103 Å². The van der Waals surface area contributed by atoms with Crippen molar-refractivity contribution in [2.75, 3.05) is 26.7 Å². The topological polar surface area (TPSA) is 62.7 Å². The summed E-state index contributed by atoms with van der Waals surface area (Å²) < 4.78 is 4.56. The number of nitrogens with one attached hydrogen (secondary N) is 2. The Kier molecular flexibility index (Phi) is 10.00. The highest BCUT2D eigenvalue weighted by Crippen LogP contribution is 1.97. The molecule has 5 heteroatoms.